The van der Waals surface area contributed by atoms with Crippen molar-refractivity contribution in [1.29, 1.82) is 0 Å². The molecule has 0 unspecified atom stereocenters. The first-order valence-electron chi connectivity index (χ1n) is 5.36. The fourth-order valence-corrected chi connectivity index (χ4v) is 1.90. The smallest absolute Gasteiger partial charge is 0.339 e. The lowest BCUT2D eigenvalue weighted by molar-refractivity contribution is -0.137. The fourth-order valence-electron chi connectivity index (χ4n) is 1.52. The van der Waals surface area contributed by atoms with Crippen LogP contribution in [0, 0.1) is 0 Å². The summed E-state index contributed by atoms with van der Waals surface area (Å²) in [7, 11) is 0. The molecule has 6 heteroatoms. The van der Waals surface area contributed by atoms with E-state index in [1.165, 1.54) is 17.9 Å². The summed E-state index contributed by atoms with van der Waals surface area (Å²) in [5.41, 5.74) is -0.262. The summed E-state index contributed by atoms with van der Waals surface area (Å²) in [6, 6.07) is 3.43. The third-order valence-corrected chi connectivity index (χ3v) is 3.33. The Balaban J connectivity index is 3.05. The molecule has 1 amide bonds. The minimum absolute atomic E-state index is 0.163. The van der Waals surface area contributed by atoms with E-state index in [0.717, 1.165) is 12.1 Å². The van der Waals surface area contributed by atoms with Crippen LogP contribution >= 0.6 is 15.9 Å². The molecule has 0 radical (unpaired) electrons. The van der Waals surface area contributed by atoms with Crippen molar-refractivity contribution in [3.05, 3.63) is 33.8 Å². The number of carbonyl (C=O) groups is 1. The maximum atomic E-state index is 12.6. The van der Waals surface area contributed by atoms with Crippen LogP contribution in [-0.2, 0) is 17.5 Å². The number of benzene rings is 1. The van der Waals surface area contributed by atoms with Crippen LogP contribution in [0.4, 0.5) is 13.2 Å². The zero-order valence-electron chi connectivity index (χ0n) is 10.0. The average Bonchev–Trinajstić information content (AvgIpc) is 2.25. The zero-order valence-corrected chi connectivity index (χ0v) is 11.6. The highest BCUT2D eigenvalue weighted by molar-refractivity contribution is 9.10. The van der Waals surface area contributed by atoms with Gasteiger partial charge in [0.2, 0.25) is 5.91 Å². The molecule has 0 spiro atoms. The van der Waals surface area contributed by atoms with E-state index < -0.39 is 11.7 Å². The first-order valence-corrected chi connectivity index (χ1v) is 6.16. The van der Waals surface area contributed by atoms with Crippen molar-refractivity contribution in [2.45, 2.75) is 26.6 Å². The number of carbonyl (C=O) groups excluding carboxylic acids is 1. The second-order valence-corrected chi connectivity index (χ2v) is 4.69. The Morgan fingerprint density at radius 2 is 2.00 bits per heavy atom. The Morgan fingerprint density at radius 3 is 2.44 bits per heavy atom. The molecule has 18 heavy (non-hydrogen) atoms. The van der Waals surface area contributed by atoms with Crippen LogP contribution in [0.5, 0.6) is 0 Å². The number of nitrogens with zero attached hydrogens (tertiary/aromatic N) is 1. The molecule has 0 atom stereocenters. The van der Waals surface area contributed by atoms with Crippen LogP contribution in [0.25, 0.3) is 0 Å². The van der Waals surface area contributed by atoms with Gasteiger partial charge in [0.05, 0.1) is 5.56 Å². The largest absolute Gasteiger partial charge is 0.416 e. The Bertz CT molecular complexity index is 445. The molecule has 0 aromatic heterocycles. The lowest BCUT2D eigenvalue weighted by Gasteiger charge is -2.20. The first kappa shape index (κ1) is 15.0. The molecular formula is C12H13BrF3NO. The summed E-state index contributed by atoms with van der Waals surface area (Å²) in [6.07, 6.45) is -4.37. The molecule has 0 bridgehead atoms. The van der Waals surface area contributed by atoms with Gasteiger partial charge in [0, 0.05) is 24.5 Å². The Kier molecular flexibility index (Phi) is 4.78. The second-order valence-electron chi connectivity index (χ2n) is 3.84. The van der Waals surface area contributed by atoms with Crippen molar-refractivity contribution in [2.24, 2.45) is 0 Å². The van der Waals surface area contributed by atoms with Gasteiger partial charge in [-0.25, -0.2) is 0 Å². The minimum Gasteiger partial charge on any atom is -0.339 e. The van der Waals surface area contributed by atoms with E-state index in [0.29, 0.717) is 16.6 Å². The van der Waals surface area contributed by atoms with Crippen molar-refractivity contribution in [3.63, 3.8) is 0 Å². The molecule has 1 rings (SSSR count). The van der Waals surface area contributed by atoms with Gasteiger partial charge in [-0.3, -0.25) is 4.79 Å². The molecular weight excluding hydrogens is 311 g/mol. The van der Waals surface area contributed by atoms with E-state index in [2.05, 4.69) is 15.9 Å². The van der Waals surface area contributed by atoms with Crippen molar-refractivity contribution in [2.75, 3.05) is 6.54 Å². The third-order valence-electron chi connectivity index (χ3n) is 2.56. The number of hydrogen-bond acceptors (Lipinski definition) is 1. The van der Waals surface area contributed by atoms with Gasteiger partial charge in [-0.1, -0.05) is 15.9 Å². The number of halogens is 4. The number of alkyl halides is 3. The average molecular weight is 324 g/mol. The highest BCUT2D eigenvalue weighted by Gasteiger charge is 2.31. The lowest BCUT2D eigenvalue weighted by atomic mass is 10.1. The van der Waals surface area contributed by atoms with Crippen LogP contribution in [-0.4, -0.2) is 17.4 Å². The number of amides is 1. The van der Waals surface area contributed by atoms with Gasteiger partial charge in [0.15, 0.2) is 0 Å². The zero-order chi connectivity index (χ0) is 13.9. The Hall–Kier alpha value is -1.04. The van der Waals surface area contributed by atoms with E-state index in [-0.39, 0.29) is 12.5 Å². The van der Waals surface area contributed by atoms with E-state index in [4.69, 9.17) is 0 Å². The Labute approximate surface area is 112 Å². The van der Waals surface area contributed by atoms with Crippen LogP contribution in [0.2, 0.25) is 0 Å². The summed E-state index contributed by atoms with van der Waals surface area (Å²) < 4.78 is 38.3. The maximum Gasteiger partial charge on any atom is 0.416 e. The van der Waals surface area contributed by atoms with E-state index in [1.54, 1.807) is 6.92 Å². The van der Waals surface area contributed by atoms with Gasteiger partial charge in [0.25, 0.3) is 0 Å². The Morgan fingerprint density at radius 1 is 1.39 bits per heavy atom. The van der Waals surface area contributed by atoms with Gasteiger partial charge in [-0.15, -0.1) is 0 Å². The fraction of sp³-hybridized carbons (Fsp3) is 0.417. The highest BCUT2D eigenvalue weighted by atomic mass is 79.9. The molecule has 0 N–H and O–H groups in total. The molecule has 100 valence electrons. The molecule has 1 aromatic carbocycles. The summed E-state index contributed by atoms with van der Waals surface area (Å²) >= 11 is 3.20. The van der Waals surface area contributed by atoms with Gasteiger partial charge in [-0.2, -0.15) is 13.2 Å². The first-order chi connectivity index (χ1) is 8.25. The van der Waals surface area contributed by atoms with Crippen LogP contribution in [0.3, 0.4) is 0 Å². The van der Waals surface area contributed by atoms with Crippen LogP contribution < -0.4 is 0 Å². The monoisotopic (exact) mass is 323 g/mol. The van der Waals surface area contributed by atoms with Crippen LogP contribution in [0.1, 0.15) is 25.0 Å². The molecule has 2 nitrogen and oxygen atoms in total. The topological polar surface area (TPSA) is 20.3 Å². The SMILES string of the molecule is CCN(Cc1cc(C(F)(F)F)ccc1Br)C(C)=O. The standard InChI is InChI=1S/C12H13BrF3NO/c1-3-17(8(2)18)7-9-6-10(12(14,15)16)4-5-11(9)13/h4-6H,3,7H2,1-2H3. The molecule has 1 aromatic rings. The van der Waals surface area contributed by atoms with Crippen molar-refractivity contribution in [3.8, 4) is 0 Å². The minimum atomic E-state index is -4.37. The van der Waals surface area contributed by atoms with Crippen LogP contribution in [0.15, 0.2) is 22.7 Å². The van der Waals surface area contributed by atoms with E-state index in [9.17, 15) is 18.0 Å². The van der Waals surface area contributed by atoms with Gasteiger partial charge in [-0.05, 0) is 30.7 Å². The van der Waals surface area contributed by atoms with Gasteiger partial charge >= 0.3 is 6.18 Å². The summed E-state index contributed by atoms with van der Waals surface area (Å²) in [5, 5.41) is 0. The molecule has 0 saturated heterocycles. The normalized spacial score (nSPS) is 11.4. The highest BCUT2D eigenvalue weighted by Crippen LogP contribution is 2.32. The van der Waals surface area contributed by atoms with E-state index >= 15 is 0 Å². The lowest BCUT2D eigenvalue weighted by Crippen LogP contribution is -2.28. The molecule has 0 aliphatic rings. The van der Waals surface area contributed by atoms with E-state index in [1.807, 2.05) is 0 Å². The van der Waals surface area contributed by atoms with Gasteiger partial charge in [0.1, 0.15) is 0 Å². The number of hydrogen-bond donors (Lipinski definition) is 0. The quantitative estimate of drug-likeness (QED) is 0.827. The van der Waals surface area contributed by atoms with Crippen molar-refractivity contribution < 1.29 is 18.0 Å². The second kappa shape index (κ2) is 5.73. The predicted molar refractivity (Wildman–Crippen MR) is 65.9 cm³/mol. The summed E-state index contributed by atoms with van der Waals surface area (Å²) in [5.74, 6) is -0.165. The molecule has 0 saturated carbocycles. The predicted octanol–water partition coefficient (Wildman–Crippen LogP) is 3.84. The molecule has 0 aliphatic carbocycles. The molecule has 0 fully saturated rings. The number of rotatable bonds is 3. The third kappa shape index (κ3) is 3.73. The molecule has 0 aliphatic heterocycles. The maximum absolute atomic E-state index is 12.6. The molecule has 0 heterocycles. The summed E-state index contributed by atoms with van der Waals surface area (Å²) in [4.78, 5) is 12.7. The van der Waals surface area contributed by atoms with Crippen molar-refractivity contribution in [1.82, 2.24) is 4.90 Å². The van der Waals surface area contributed by atoms with Gasteiger partial charge < -0.3 is 4.90 Å². The summed E-state index contributed by atoms with van der Waals surface area (Å²) in [6.45, 7) is 3.79. The van der Waals surface area contributed by atoms with Crippen molar-refractivity contribution >= 4 is 21.8 Å².